The van der Waals surface area contributed by atoms with Gasteiger partial charge in [0.25, 0.3) is 0 Å². The third kappa shape index (κ3) is 2.98. The highest BCUT2D eigenvalue weighted by atomic mass is 79.9. The number of hydrazine groups is 1. The van der Waals surface area contributed by atoms with Crippen LogP contribution in [0, 0.1) is 0 Å². The molecule has 0 spiro atoms. The van der Waals surface area contributed by atoms with Crippen molar-refractivity contribution in [2.75, 3.05) is 0 Å². The van der Waals surface area contributed by atoms with Crippen LogP contribution in [-0.4, -0.2) is 9.55 Å². The molecule has 0 radical (unpaired) electrons. The van der Waals surface area contributed by atoms with Gasteiger partial charge < -0.3 is 4.57 Å². The number of rotatable bonds is 5. The Labute approximate surface area is 115 Å². The number of halogens is 1. The normalized spacial score (nSPS) is 12.6. The van der Waals surface area contributed by atoms with Crippen molar-refractivity contribution in [2.24, 2.45) is 5.84 Å². The molecule has 0 bridgehead atoms. The number of aromatic nitrogens is 2. The predicted octanol–water partition coefficient (Wildman–Crippen LogP) is 2.41. The van der Waals surface area contributed by atoms with Crippen molar-refractivity contribution in [3.05, 3.63) is 52.5 Å². The third-order valence-corrected chi connectivity index (χ3v) is 3.42. The Bertz CT molecular complexity index is 509. The molecule has 4 nitrogen and oxygen atoms in total. The molecule has 0 amide bonds. The molecule has 2 aromatic rings. The molecule has 96 valence electrons. The number of imidazole rings is 1. The number of nitrogens with one attached hydrogen (secondary N) is 1. The molecule has 1 unspecified atom stereocenters. The summed E-state index contributed by atoms with van der Waals surface area (Å²) in [6.07, 6.45) is 4.59. The van der Waals surface area contributed by atoms with E-state index in [9.17, 15) is 0 Å². The summed E-state index contributed by atoms with van der Waals surface area (Å²) in [6, 6.07) is 8.26. The number of hydrogen-bond donors (Lipinski definition) is 2. The number of aryl methyl sites for hydroxylation is 1. The fraction of sp³-hybridized carbons (Fsp3) is 0.308. The summed E-state index contributed by atoms with van der Waals surface area (Å²) < 4.78 is 3.18. The number of nitrogens with zero attached hydrogens (tertiary/aromatic N) is 2. The van der Waals surface area contributed by atoms with Crippen molar-refractivity contribution >= 4 is 15.9 Å². The van der Waals surface area contributed by atoms with Crippen molar-refractivity contribution in [3.8, 4) is 0 Å². The van der Waals surface area contributed by atoms with Crippen LogP contribution < -0.4 is 11.3 Å². The number of benzene rings is 1. The van der Waals surface area contributed by atoms with Crippen LogP contribution in [0.15, 0.2) is 41.1 Å². The second kappa shape index (κ2) is 6.13. The summed E-state index contributed by atoms with van der Waals surface area (Å²) in [4.78, 5) is 4.39. The highest BCUT2D eigenvalue weighted by Crippen LogP contribution is 2.19. The van der Waals surface area contributed by atoms with Crippen LogP contribution >= 0.6 is 15.9 Å². The molecule has 0 saturated heterocycles. The first kappa shape index (κ1) is 13.3. The molecule has 1 atom stereocenters. The van der Waals surface area contributed by atoms with Gasteiger partial charge in [-0.05, 0) is 31.0 Å². The van der Waals surface area contributed by atoms with E-state index in [4.69, 9.17) is 5.84 Å². The van der Waals surface area contributed by atoms with Gasteiger partial charge in [-0.1, -0.05) is 28.1 Å². The van der Waals surface area contributed by atoms with Crippen LogP contribution in [0.3, 0.4) is 0 Å². The van der Waals surface area contributed by atoms with E-state index in [1.165, 1.54) is 5.56 Å². The van der Waals surface area contributed by atoms with Crippen molar-refractivity contribution in [1.82, 2.24) is 15.0 Å². The van der Waals surface area contributed by atoms with E-state index in [0.29, 0.717) is 0 Å². The topological polar surface area (TPSA) is 55.9 Å². The summed E-state index contributed by atoms with van der Waals surface area (Å²) in [5.74, 6) is 6.63. The SMILES string of the molecule is CCn1ccnc1C(Cc1cccc(Br)c1)NN. The van der Waals surface area contributed by atoms with Crippen molar-refractivity contribution in [3.63, 3.8) is 0 Å². The van der Waals surface area contributed by atoms with Gasteiger partial charge >= 0.3 is 0 Å². The first-order valence-electron chi connectivity index (χ1n) is 5.96. The molecule has 1 aromatic carbocycles. The summed E-state index contributed by atoms with van der Waals surface area (Å²) >= 11 is 3.48. The van der Waals surface area contributed by atoms with E-state index in [1.54, 1.807) is 0 Å². The molecule has 0 saturated carbocycles. The van der Waals surface area contributed by atoms with E-state index in [2.05, 4.69) is 50.0 Å². The Kier molecular flexibility index (Phi) is 4.52. The van der Waals surface area contributed by atoms with Gasteiger partial charge in [-0.2, -0.15) is 0 Å². The molecule has 1 heterocycles. The standard InChI is InChI=1S/C13H17BrN4/c1-2-18-7-6-16-13(18)12(17-15)9-10-4-3-5-11(14)8-10/h3-8,12,17H,2,9,15H2,1H3. The summed E-state index contributed by atoms with van der Waals surface area (Å²) in [6.45, 7) is 2.99. The monoisotopic (exact) mass is 308 g/mol. The second-order valence-electron chi connectivity index (χ2n) is 4.12. The highest BCUT2D eigenvalue weighted by Gasteiger charge is 2.15. The maximum Gasteiger partial charge on any atom is 0.127 e. The van der Waals surface area contributed by atoms with Gasteiger partial charge in [0.15, 0.2) is 0 Å². The lowest BCUT2D eigenvalue weighted by molar-refractivity contribution is 0.496. The zero-order valence-electron chi connectivity index (χ0n) is 10.3. The third-order valence-electron chi connectivity index (χ3n) is 2.93. The minimum absolute atomic E-state index is 0.0225. The molecular formula is C13H17BrN4. The van der Waals surface area contributed by atoms with Gasteiger partial charge in [-0.25, -0.2) is 10.4 Å². The molecule has 5 heteroatoms. The zero-order valence-corrected chi connectivity index (χ0v) is 11.9. The lowest BCUT2D eigenvalue weighted by Crippen LogP contribution is -2.31. The van der Waals surface area contributed by atoms with E-state index >= 15 is 0 Å². The average Bonchev–Trinajstić information content (AvgIpc) is 2.84. The van der Waals surface area contributed by atoms with E-state index in [0.717, 1.165) is 23.3 Å². The molecule has 1 aromatic heterocycles. The Morgan fingerprint density at radius 3 is 3.00 bits per heavy atom. The van der Waals surface area contributed by atoms with Gasteiger partial charge in [0.2, 0.25) is 0 Å². The van der Waals surface area contributed by atoms with Crippen LogP contribution in [0.4, 0.5) is 0 Å². The Morgan fingerprint density at radius 2 is 2.33 bits per heavy atom. The molecule has 0 aliphatic carbocycles. The molecule has 3 N–H and O–H groups in total. The molecule has 0 fully saturated rings. The first-order valence-corrected chi connectivity index (χ1v) is 6.75. The van der Waals surface area contributed by atoms with Crippen LogP contribution in [0.25, 0.3) is 0 Å². The summed E-state index contributed by atoms with van der Waals surface area (Å²) in [5, 5.41) is 0. The number of hydrogen-bond acceptors (Lipinski definition) is 3. The Hall–Kier alpha value is -1.17. The van der Waals surface area contributed by atoms with Gasteiger partial charge in [0, 0.05) is 23.4 Å². The van der Waals surface area contributed by atoms with Gasteiger partial charge in [-0.15, -0.1) is 0 Å². The smallest absolute Gasteiger partial charge is 0.127 e. The minimum Gasteiger partial charge on any atom is -0.334 e. The molecular weight excluding hydrogens is 292 g/mol. The van der Waals surface area contributed by atoms with E-state index < -0.39 is 0 Å². The maximum atomic E-state index is 5.66. The fourth-order valence-electron chi connectivity index (χ4n) is 2.02. The van der Waals surface area contributed by atoms with Crippen LogP contribution in [-0.2, 0) is 13.0 Å². The van der Waals surface area contributed by atoms with Crippen molar-refractivity contribution in [2.45, 2.75) is 25.9 Å². The van der Waals surface area contributed by atoms with Gasteiger partial charge in [-0.3, -0.25) is 5.84 Å². The van der Waals surface area contributed by atoms with Crippen molar-refractivity contribution < 1.29 is 0 Å². The Balaban J connectivity index is 2.20. The van der Waals surface area contributed by atoms with Gasteiger partial charge in [0.05, 0.1) is 6.04 Å². The lowest BCUT2D eigenvalue weighted by Gasteiger charge is -2.17. The summed E-state index contributed by atoms with van der Waals surface area (Å²) in [7, 11) is 0. The lowest BCUT2D eigenvalue weighted by atomic mass is 10.1. The fourth-order valence-corrected chi connectivity index (χ4v) is 2.47. The molecule has 0 aliphatic rings. The van der Waals surface area contributed by atoms with Crippen LogP contribution in [0.5, 0.6) is 0 Å². The number of nitrogens with two attached hydrogens (primary N) is 1. The van der Waals surface area contributed by atoms with E-state index in [-0.39, 0.29) is 6.04 Å². The maximum absolute atomic E-state index is 5.66. The molecule has 0 aliphatic heterocycles. The minimum atomic E-state index is 0.0225. The predicted molar refractivity (Wildman–Crippen MR) is 75.8 cm³/mol. The average molecular weight is 309 g/mol. The second-order valence-corrected chi connectivity index (χ2v) is 5.04. The Morgan fingerprint density at radius 1 is 1.50 bits per heavy atom. The quantitative estimate of drug-likeness (QED) is 0.659. The van der Waals surface area contributed by atoms with Gasteiger partial charge in [0.1, 0.15) is 5.82 Å². The zero-order chi connectivity index (χ0) is 13.0. The first-order chi connectivity index (χ1) is 8.74. The van der Waals surface area contributed by atoms with E-state index in [1.807, 2.05) is 24.5 Å². The summed E-state index contributed by atoms with van der Waals surface area (Å²) in [5.41, 5.74) is 4.07. The van der Waals surface area contributed by atoms with Crippen LogP contribution in [0.1, 0.15) is 24.4 Å². The molecule has 2 rings (SSSR count). The van der Waals surface area contributed by atoms with Crippen LogP contribution in [0.2, 0.25) is 0 Å². The largest absolute Gasteiger partial charge is 0.334 e. The molecule has 18 heavy (non-hydrogen) atoms. The highest BCUT2D eigenvalue weighted by molar-refractivity contribution is 9.10. The van der Waals surface area contributed by atoms with Crippen molar-refractivity contribution in [1.29, 1.82) is 0 Å².